The summed E-state index contributed by atoms with van der Waals surface area (Å²) in [5.41, 5.74) is 3.20. The molecule has 2 heterocycles. The van der Waals surface area contributed by atoms with Gasteiger partial charge in [-0.2, -0.15) is 0 Å². The van der Waals surface area contributed by atoms with E-state index in [9.17, 15) is 4.79 Å². The number of piperidine rings is 1. The Morgan fingerprint density at radius 1 is 1.12 bits per heavy atom. The number of anilines is 1. The summed E-state index contributed by atoms with van der Waals surface area (Å²) >= 11 is 0. The van der Waals surface area contributed by atoms with Crippen LogP contribution in [0, 0.1) is 13.8 Å². The van der Waals surface area contributed by atoms with Crippen molar-refractivity contribution in [2.45, 2.75) is 45.7 Å². The molecule has 1 atom stereocenters. The van der Waals surface area contributed by atoms with Crippen LogP contribution in [-0.4, -0.2) is 72.6 Å². The molecule has 0 spiro atoms. The first-order valence-electron chi connectivity index (χ1n) is 9.51. The topological polar surface area (TPSA) is 38.8 Å². The lowest BCUT2D eigenvalue weighted by molar-refractivity contribution is 0.0393. The van der Waals surface area contributed by atoms with Crippen molar-refractivity contribution in [3.63, 3.8) is 0 Å². The molecule has 5 nitrogen and oxygen atoms in total. The molecule has 5 heteroatoms. The molecule has 2 saturated heterocycles. The number of rotatable bonds is 2. The number of hydrogen-bond acceptors (Lipinski definition) is 3. The van der Waals surface area contributed by atoms with Crippen molar-refractivity contribution < 1.29 is 4.79 Å². The average Bonchev–Trinajstić information content (AvgIpc) is 2.59. The first-order chi connectivity index (χ1) is 11.9. The van der Waals surface area contributed by atoms with E-state index in [2.05, 4.69) is 48.1 Å². The van der Waals surface area contributed by atoms with Crippen molar-refractivity contribution in [1.29, 1.82) is 0 Å². The van der Waals surface area contributed by atoms with E-state index in [-0.39, 0.29) is 6.03 Å². The Labute approximate surface area is 152 Å². The minimum Gasteiger partial charge on any atom is -0.322 e. The molecule has 1 aromatic carbocycles. The smallest absolute Gasteiger partial charge is 0.321 e. The van der Waals surface area contributed by atoms with Crippen LogP contribution in [0.5, 0.6) is 0 Å². The van der Waals surface area contributed by atoms with Crippen LogP contribution in [0.15, 0.2) is 18.2 Å². The highest BCUT2D eigenvalue weighted by Crippen LogP contribution is 2.22. The summed E-state index contributed by atoms with van der Waals surface area (Å²) in [4.78, 5) is 19.7. The van der Waals surface area contributed by atoms with Gasteiger partial charge in [0.25, 0.3) is 0 Å². The summed E-state index contributed by atoms with van der Waals surface area (Å²) in [6.07, 6.45) is 2.49. The van der Waals surface area contributed by atoms with Crippen molar-refractivity contribution in [3.05, 3.63) is 29.3 Å². The fourth-order valence-electron chi connectivity index (χ4n) is 4.09. The Kier molecular flexibility index (Phi) is 5.64. The van der Waals surface area contributed by atoms with Crippen molar-refractivity contribution in [2.75, 3.05) is 45.1 Å². The van der Waals surface area contributed by atoms with Crippen molar-refractivity contribution in [3.8, 4) is 0 Å². The maximum Gasteiger partial charge on any atom is 0.321 e. The minimum absolute atomic E-state index is 0.0311. The maximum absolute atomic E-state index is 12.7. The second-order valence-corrected chi connectivity index (χ2v) is 7.82. The van der Waals surface area contributed by atoms with Gasteiger partial charge >= 0.3 is 6.03 Å². The van der Waals surface area contributed by atoms with Crippen molar-refractivity contribution in [1.82, 2.24) is 14.7 Å². The van der Waals surface area contributed by atoms with Gasteiger partial charge in [-0.25, -0.2) is 4.79 Å². The Balaban J connectivity index is 1.57. The van der Waals surface area contributed by atoms with Gasteiger partial charge in [0.05, 0.1) is 0 Å². The molecule has 0 bridgehead atoms. The molecular weight excluding hydrogens is 312 g/mol. The van der Waals surface area contributed by atoms with Gasteiger partial charge in [-0.1, -0.05) is 12.1 Å². The zero-order valence-electron chi connectivity index (χ0n) is 16.1. The van der Waals surface area contributed by atoms with Gasteiger partial charge in [0.2, 0.25) is 0 Å². The standard InChI is InChI=1S/C20H32N4O/c1-15-5-6-16(2)19(13-15)21-20(25)23-11-12-24(17(3)14-23)18-7-9-22(4)10-8-18/h5-6,13,17-18H,7-12,14H2,1-4H3,(H,21,25)/t17-/m1/s1. The molecular formula is C20H32N4O. The highest BCUT2D eigenvalue weighted by atomic mass is 16.2. The Bertz CT molecular complexity index is 610. The highest BCUT2D eigenvalue weighted by molar-refractivity contribution is 5.90. The lowest BCUT2D eigenvalue weighted by atomic mass is 10.0. The van der Waals surface area contributed by atoms with Crippen LogP contribution in [0.4, 0.5) is 10.5 Å². The number of benzene rings is 1. The van der Waals surface area contributed by atoms with E-state index in [1.165, 1.54) is 31.5 Å². The summed E-state index contributed by atoms with van der Waals surface area (Å²) in [5.74, 6) is 0. The molecule has 0 aromatic heterocycles. The van der Waals surface area contributed by atoms with E-state index in [4.69, 9.17) is 0 Å². The van der Waals surface area contributed by atoms with Gasteiger partial charge in [-0.15, -0.1) is 0 Å². The zero-order valence-corrected chi connectivity index (χ0v) is 16.1. The summed E-state index contributed by atoms with van der Waals surface area (Å²) < 4.78 is 0. The van der Waals surface area contributed by atoms with E-state index in [1.54, 1.807) is 0 Å². The molecule has 0 unspecified atom stereocenters. The highest BCUT2D eigenvalue weighted by Gasteiger charge is 2.32. The first kappa shape index (κ1) is 18.2. The van der Waals surface area contributed by atoms with Crippen LogP contribution < -0.4 is 5.32 Å². The predicted molar refractivity (Wildman–Crippen MR) is 103 cm³/mol. The van der Waals surface area contributed by atoms with Gasteiger partial charge in [-0.05, 0) is 70.9 Å². The molecule has 138 valence electrons. The van der Waals surface area contributed by atoms with Crippen LogP contribution in [-0.2, 0) is 0 Å². The van der Waals surface area contributed by atoms with E-state index in [0.717, 1.165) is 30.9 Å². The number of carbonyl (C=O) groups is 1. The number of amides is 2. The number of carbonyl (C=O) groups excluding carboxylic acids is 1. The average molecular weight is 345 g/mol. The molecule has 0 radical (unpaired) electrons. The fraction of sp³-hybridized carbons (Fsp3) is 0.650. The number of piperazine rings is 1. The second kappa shape index (κ2) is 7.75. The van der Waals surface area contributed by atoms with Gasteiger partial charge < -0.3 is 15.1 Å². The monoisotopic (exact) mass is 344 g/mol. The van der Waals surface area contributed by atoms with Gasteiger partial charge in [0.1, 0.15) is 0 Å². The number of likely N-dealkylation sites (tertiary alicyclic amines) is 1. The number of urea groups is 1. The Morgan fingerprint density at radius 2 is 1.84 bits per heavy atom. The van der Waals surface area contributed by atoms with E-state index < -0.39 is 0 Å². The van der Waals surface area contributed by atoms with Crippen molar-refractivity contribution in [2.24, 2.45) is 0 Å². The third-order valence-electron chi connectivity index (χ3n) is 5.76. The Morgan fingerprint density at radius 3 is 2.52 bits per heavy atom. The normalized spacial score (nSPS) is 23.7. The molecule has 0 saturated carbocycles. The largest absolute Gasteiger partial charge is 0.322 e. The Hall–Kier alpha value is -1.59. The zero-order chi connectivity index (χ0) is 18.0. The van der Waals surface area contributed by atoms with E-state index in [0.29, 0.717) is 12.1 Å². The van der Waals surface area contributed by atoms with E-state index in [1.807, 2.05) is 17.9 Å². The van der Waals surface area contributed by atoms with Gasteiger partial charge in [-0.3, -0.25) is 4.90 Å². The van der Waals surface area contributed by atoms with Gasteiger partial charge in [0, 0.05) is 37.4 Å². The van der Waals surface area contributed by atoms with Gasteiger partial charge in [0.15, 0.2) is 0 Å². The molecule has 2 fully saturated rings. The summed E-state index contributed by atoms with van der Waals surface area (Å²) in [7, 11) is 2.20. The number of aryl methyl sites for hydroxylation is 2. The van der Waals surface area contributed by atoms with E-state index >= 15 is 0 Å². The maximum atomic E-state index is 12.7. The van der Waals surface area contributed by atoms with Crippen LogP contribution in [0.1, 0.15) is 30.9 Å². The lowest BCUT2D eigenvalue weighted by Crippen LogP contribution is -2.58. The number of nitrogens with zero attached hydrogens (tertiary/aromatic N) is 3. The summed E-state index contributed by atoms with van der Waals surface area (Å²) in [6.45, 7) is 11.3. The predicted octanol–water partition coefficient (Wildman–Crippen LogP) is 2.94. The second-order valence-electron chi connectivity index (χ2n) is 7.82. The number of nitrogens with one attached hydrogen (secondary N) is 1. The quantitative estimate of drug-likeness (QED) is 0.896. The molecule has 1 aromatic rings. The van der Waals surface area contributed by atoms with Crippen LogP contribution in [0.3, 0.4) is 0 Å². The van der Waals surface area contributed by atoms with Crippen LogP contribution in [0.2, 0.25) is 0 Å². The molecule has 1 N–H and O–H groups in total. The molecule has 3 rings (SSSR count). The third-order valence-corrected chi connectivity index (χ3v) is 5.76. The third kappa shape index (κ3) is 4.33. The summed E-state index contributed by atoms with van der Waals surface area (Å²) in [5, 5.41) is 3.10. The SMILES string of the molecule is Cc1ccc(C)c(NC(=O)N2CCN(C3CCN(C)CC3)[C@H](C)C2)c1. The summed E-state index contributed by atoms with van der Waals surface area (Å²) in [6, 6.07) is 7.32. The lowest BCUT2D eigenvalue weighted by Gasteiger charge is -2.46. The van der Waals surface area contributed by atoms with Crippen LogP contribution in [0.25, 0.3) is 0 Å². The van der Waals surface area contributed by atoms with Crippen molar-refractivity contribution >= 4 is 11.7 Å². The molecule has 0 aliphatic carbocycles. The first-order valence-corrected chi connectivity index (χ1v) is 9.51. The molecule has 2 aliphatic heterocycles. The molecule has 25 heavy (non-hydrogen) atoms. The van der Waals surface area contributed by atoms with Crippen LogP contribution >= 0.6 is 0 Å². The number of hydrogen-bond donors (Lipinski definition) is 1. The minimum atomic E-state index is 0.0311. The molecule has 2 amide bonds. The fourth-order valence-corrected chi connectivity index (χ4v) is 4.09. The molecule has 2 aliphatic rings.